The highest BCUT2D eigenvalue weighted by Crippen LogP contribution is 2.19. The molecule has 0 bridgehead atoms. The zero-order chi connectivity index (χ0) is 14.8. The zero-order valence-corrected chi connectivity index (χ0v) is 11.0. The molecule has 104 valence electrons. The van der Waals surface area contributed by atoms with Crippen LogP contribution < -0.4 is 15.9 Å². The van der Waals surface area contributed by atoms with Crippen molar-refractivity contribution in [3.8, 4) is 0 Å². The first-order valence-electron chi connectivity index (χ1n) is 5.50. The lowest BCUT2D eigenvalue weighted by Gasteiger charge is -2.08. The number of hydrogen-bond donors (Lipinski definition) is 3. The first kappa shape index (κ1) is 14.0. The normalized spacial score (nSPS) is 11.1. The van der Waals surface area contributed by atoms with Crippen molar-refractivity contribution in [1.82, 2.24) is 4.98 Å². The number of para-hydroxylation sites is 1. The predicted octanol–water partition coefficient (Wildman–Crippen LogP) is 0.275. The number of nitrogens with one attached hydrogen (secondary N) is 2. The molecule has 1 amide bonds. The van der Waals surface area contributed by atoms with Crippen molar-refractivity contribution in [2.75, 3.05) is 5.32 Å². The van der Waals surface area contributed by atoms with Crippen molar-refractivity contribution in [3.05, 3.63) is 58.5 Å². The number of sulfonamides is 1. The first-order valence-corrected chi connectivity index (χ1v) is 7.04. The molecule has 0 spiro atoms. The van der Waals surface area contributed by atoms with Gasteiger partial charge in [0, 0.05) is 18.5 Å². The fraction of sp³-hybridized carbons (Fsp3) is 0. The fourth-order valence-electron chi connectivity index (χ4n) is 1.60. The van der Waals surface area contributed by atoms with Gasteiger partial charge in [0.2, 0.25) is 10.0 Å². The van der Waals surface area contributed by atoms with Gasteiger partial charge in [0.25, 0.3) is 5.91 Å². The van der Waals surface area contributed by atoms with Gasteiger partial charge in [0.1, 0.15) is 10.5 Å². The monoisotopic (exact) mass is 293 g/mol. The highest BCUT2D eigenvalue weighted by Gasteiger charge is 2.16. The van der Waals surface area contributed by atoms with Crippen LogP contribution in [0.1, 0.15) is 10.4 Å². The summed E-state index contributed by atoms with van der Waals surface area (Å²) >= 11 is 0. The molecule has 0 atom stereocenters. The zero-order valence-electron chi connectivity index (χ0n) is 10.2. The van der Waals surface area contributed by atoms with Gasteiger partial charge < -0.3 is 10.3 Å². The lowest BCUT2D eigenvalue weighted by Crippen LogP contribution is -2.23. The summed E-state index contributed by atoms with van der Waals surface area (Å²) in [5.74, 6) is -0.719. The van der Waals surface area contributed by atoms with Crippen LogP contribution in [0.2, 0.25) is 0 Å². The van der Waals surface area contributed by atoms with Gasteiger partial charge in [-0.25, -0.2) is 13.6 Å². The quantitative estimate of drug-likeness (QED) is 0.752. The number of aromatic amines is 1. The Morgan fingerprint density at radius 2 is 1.90 bits per heavy atom. The van der Waals surface area contributed by atoms with Crippen molar-refractivity contribution < 1.29 is 13.2 Å². The number of primary sulfonamides is 1. The molecule has 0 aliphatic rings. The van der Waals surface area contributed by atoms with Crippen LogP contribution in [-0.4, -0.2) is 19.3 Å². The van der Waals surface area contributed by atoms with E-state index in [0.29, 0.717) is 0 Å². The third kappa shape index (κ3) is 2.92. The average molecular weight is 293 g/mol. The topological polar surface area (TPSA) is 122 Å². The van der Waals surface area contributed by atoms with Crippen LogP contribution in [0.3, 0.4) is 0 Å². The molecule has 1 aromatic heterocycles. The van der Waals surface area contributed by atoms with Crippen molar-refractivity contribution in [3.63, 3.8) is 0 Å². The van der Waals surface area contributed by atoms with Crippen molar-refractivity contribution in [2.45, 2.75) is 4.90 Å². The number of anilines is 1. The van der Waals surface area contributed by atoms with Crippen LogP contribution >= 0.6 is 0 Å². The third-order valence-corrected chi connectivity index (χ3v) is 3.48. The Bertz CT molecular complexity index is 811. The van der Waals surface area contributed by atoms with Gasteiger partial charge >= 0.3 is 0 Å². The standard InChI is InChI=1S/C12H11N3O4S/c13-20(18,19)11-4-2-1-3-9(11)15-12(17)8-7-14-6-5-10(8)16/h1-7H,(H,14,16)(H,15,17)(H2,13,18,19). The molecule has 0 aliphatic carbocycles. The van der Waals surface area contributed by atoms with Gasteiger partial charge in [0.15, 0.2) is 5.43 Å². The van der Waals surface area contributed by atoms with E-state index in [4.69, 9.17) is 5.14 Å². The maximum Gasteiger partial charge on any atom is 0.261 e. The van der Waals surface area contributed by atoms with Crippen molar-refractivity contribution in [1.29, 1.82) is 0 Å². The Balaban J connectivity index is 2.39. The summed E-state index contributed by atoms with van der Waals surface area (Å²) < 4.78 is 22.8. The largest absolute Gasteiger partial charge is 0.367 e. The Hall–Kier alpha value is -2.45. The molecule has 1 aromatic carbocycles. The molecule has 20 heavy (non-hydrogen) atoms. The first-order chi connectivity index (χ1) is 9.39. The highest BCUT2D eigenvalue weighted by atomic mass is 32.2. The Labute approximate surface area is 114 Å². The SMILES string of the molecule is NS(=O)(=O)c1ccccc1NC(=O)c1c[nH]ccc1=O. The molecule has 0 unspecified atom stereocenters. The number of carbonyl (C=O) groups excluding carboxylic acids is 1. The molecule has 4 N–H and O–H groups in total. The second-order valence-electron chi connectivity index (χ2n) is 3.92. The average Bonchev–Trinajstić information content (AvgIpc) is 2.38. The van der Waals surface area contributed by atoms with E-state index in [2.05, 4.69) is 10.3 Å². The Morgan fingerprint density at radius 1 is 1.20 bits per heavy atom. The van der Waals surface area contributed by atoms with Crippen LogP contribution in [0.15, 0.2) is 52.4 Å². The maximum absolute atomic E-state index is 11.9. The van der Waals surface area contributed by atoms with Crippen LogP contribution in [0.4, 0.5) is 5.69 Å². The molecule has 7 nitrogen and oxygen atoms in total. The summed E-state index contributed by atoms with van der Waals surface area (Å²) in [6.45, 7) is 0. The molecular formula is C12H11N3O4S. The summed E-state index contributed by atoms with van der Waals surface area (Å²) in [6.07, 6.45) is 2.62. The van der Waals surface area contributed by atoms with Crippen LogP contribution in [0, 0.1) is 0 Å². The van der Waals surface area contributed by atoms with Crippen molar-refractivity contribution in [2.24, 2.45) is 5.14 Å². The predicted molar refractivity (Wildman–Crippen MR) is 72.8 cm³/mol. The minimum atomic E-state index is -3.97. The van der Waals surface area contributed by atoms with Gasteiger partial charge in [-0.15, -0.1) is 0 Å². The number of hydrogen-bond acceptors (Lipinski definition) is 4. The number of amides is 1. The lowest BCUT2D eigenvalue weighted by atomic mass is 10.2. The number of carbonyl (C=O) groups is 1. The Kier molecular flexibility index (Phi) is 3.68. The molecule has 0 fully saturated rings. The fourth-order valence-corrected chi connectivity index (χ4v) is 2.30. The minimum absolute atomic E-state index is 0.0169. The third-order valence-electron chi connectivity index (χ3n) is 2.51. The molecule has 0 saturated carbocycles. The summed E-state index contributed by atoms with van der Waals surface area (Å²) in [5, 5.41) is 7.41. The molecule has 2 rings (SSSR count). The number of pyridine rings is 1. The van der Waals surface area contributed by atoms with E-state index in [0.717, 1.165) is 0 Å². The molecule has 0 aliphatic heterocycles. The van der Waals surface area contributed by atoms with E-state index in [1.807, 2.05) is 0 Å². The summed E-state index contributed by atoms with van der Waals surface area (Å²) in [5.41, 5.74) is -0.589. The van der Waals surface area contributed by atoms with Crippen LogP contribution in [-0.2, 0) is 10.0 Å². The van der Waals surface area contributed by atoms with Crippen LogP contribution in [0.25, 0.3) is 0 Å². The molecule has 1 heterocycles. The van der Waals surface area contributed by atoms with Gasteiger partial charge in [-0.05, 0) is 12.1 Å². The number of aromatic nitrogens is 1. The second kappa shape index (κ2) is 5.27. The van der Waals surface area contributed by atoms with E-state index in [9.17, 15) is 18.0 Å². The molecule has 0 saturated heterocycles. The van der Waals surface area contributed by atoms with Crippen LogP contribution in [0.5, 0.6) is 0 Å². The molecule has 2 aromatic rings. The smallest absolute Gasteiger partial charge is 0.261 e. The molecular weight excluding hydrogens is 282 g/mol. The van der Waals surface area contributed by atoms with E-state index < -0.39 is 21.4 Å². The number of H-pyrrole nitrogens is 1. The summed E-state index contributed by atoms with van der Waals surface area (Å²) in [4.78, 5) is 25.8. The van der Waals surface area contributed by atoms with Gasteiger partial charge in [-0.3, -0.25) is 9.59 Å². The van der Waals surface area contributed by atoms with Gasteiger partial charge in [0.05, 0.1) is 5.69 Å². The summed E-state index contributed by atoms with van der Waals surface area (Å²) in [7, 11) is -3.97. The van der Waals surface area contributed by atoms with Gasteiger partial charge in [-0.2, -0.15) is 0 Å². The minimum Gasteiger partial charge on any atom is -0.367 e. The highest BCUT2D eigenvalue weighted by molar-refractivity contribution is 7.89. The molecule has 8 heteroatoms. The second-order valence-corrected chi connectivity index (χ2v) is 5.45. The van der Waals surface area contributed by atoms with E-state index >= 15 is 0 Å². The lowest BCUT2D eigenvalue weighted by molar-refractivity contribution is 0.102. The number of rotatable bonds is 3. The molecule has 0 radical (unpaired) electrons. The van der Waals surface area contributed by atoms with Gasteiger partial charge in [-0.1, -0.05) is 12.1 Å². The van der Waals surface area contributed by atoms with Crippen molar-refractivity contribution >= 4 is 21.6 Å². The van der Waals surface area contributed by atoms with E-state index in [1.165, 1.54) is 36.7 Å². The summed E-state index contributed by atoms with van der Waals surface area (Å²) in [6, 6.07) is 6.86. The number of nitrogens with two attached hydrogens (primary N) is 1. The number of benzene rings is 1. The van der Waals surface area contributed by atoms with E-state index in [-0.39, 0.29) is 16.1 Å². The Morgan fingerprint density at radius 3 is 2.55 bits per heavy atom. The maximum atomic E-state index is 11.9. The van der Waals surface area contributed by atoms with E-state index in [1.54, 1.807) is 6.07 Å².